The van der Waals surface area contributed by atoms with Crippen LogP contribution in [0, 0.1) is 6.92 Å². The lowest BCUT2D eigenvalue weighted by Gasteiger charge is -2.25. The van der Waals surface area contributed by atoms with E-state index in [9.17, 15) is 13.0 Å². The maximum atomic E-state index is 14.2. The van der Waals surface area contributed by atoms with Crippen LogP contribution in [0.1, 0.15) is 28.8 Å². The Balaban J connectivity index is 1.78. The normalized spacial score (nSPS) is 19.4. The van der Waals surface area contributed by atoms with Gasteiger partial charge >= 0.3 is 0 Å². The molecule has 1 aliphatic rings. The summed E-state index contributed by atoms with van der Waals surface area (Å²) in [4.78, 5) is 7.79. The van der Waals surface area contributed by atoms with Crippen molar-refractivity contribution in [1.29, 1.82) is 0 Å². The summed E-state index contributed by atoms with van der Waals surface area (Å²) < 4.78 is 40.4. The molecule has 0 bridgehead atoms. The number of halogens is 2. The maximum Gasteiger partial charge on any atom is 0.275 e. The third kappa shape index (κ3) is 2.45. The van der Waals surface area contributed by atoms with E-state index in [1.54, 1.807) is 18.3 Å². The topological polar surface area (TPSA) is 45.8 Å². The van der Waals surface area contributed by atoms with Crippen LogP contribution in [0.5, 0.6) is 0 Å². The van der Waals surface area contributed by atoms with Crippen molar-refractivity contribution < 1.29 is 13.0 Å². The number of benzene rings is 1. The van der Waals surface area contributed by atoms with Crippen molar-refractivity contribution in [3.05, 3.63) is 58.9 Å². The van der Waals surface area contributed by atoms with Gasteiger partial charge in [-0.15, -0.1) is 0 Å². The first kappa shape index (κ1) is 15.4. The van der Waals surface area contributed by atoms with Gasteiger partial charge in [-0.2, -0.15) is 0 Å². The zero-order valence-corrected chi connectivity index (χ0v) is 13.9. The van der Waals surface area contributed by atoms with Crippen LogP contribution in [-0.2, 0) is 23.1 Å². The number of pyridine rings is 1. The molecule has 3 aromatic rings. The molecule has 0 saturated heterocycles. The average molecular weight is 346 g/mol. The maximum absolute atomic E-state index is 14.2. The van der Waals surface area contributed by atoms with Gasteiger partial charge in [-0.3, -0.25) is 4.21 Å². The second-order valence-corrected chi connectivity index (χ2v) is 7.68. The summed E-state index contributed by atoms with van der Waals surface area (Å²) in [5, 5.41) is 1.00. The summed E-state index contributed by atoms with van der Waals surface area (Å²) in [6.07, 6.45) is 1.90. The van der Waals surface area contributed by atoms with E-state index in [0.717, 1.165) is 27.9 Å². The third-order valence-electron chi connectivity index (χ3n) is 4.56. The minimum atomic E-state index is -2.91. The Morgan fingerprint density at radius 2 is 2.17 bits per heavy atom. The third-order valence-corrected chi connectivity index (χ3v) is 5.98. The van der Waals surface area contributed by atoms with Gasteiger partial charge < -0.3 is 4.98 Å². The number of rotatable bonds is 2. The van der Waals surface area contributed by atoms with Crippen LogP contribution in [0.4, 0.5) is 8.78 Å². The van der Waals surface area contributed by atoms with Gasteiger partial charge in [0, 0.05) is 39.9 Å². The number of hydrogen-bond acceptors (Lipinski definition) is 2. The molecule has 1 aromatic carbocycles. The van der Waals surface area contributed by atoms with Crippen molar-refractivity contribution in [3.8, 4) is 0 Å². The molecule has 0 fully saturated rings. The lowest BCUT2D eigenvalue weighted by Crippen LogP contribution is -2.25. The first-order chi connectivity index (χ1) is 11.5. The highest BCUT2D eigenvalue weighted by molar-refractivity contribution is 7.85. The Hall–Kier alpha value is -2.08. The summed E-state index contributed by atoms with van der Waals surface area (Å²) in [6.45, 7) is 1.96. The smallest absolute Gasteiger partial charge is 0.275 e. The molecule has 1 unspecified atom stereocenters. The summed E-state index contributed by atoms with van der Waals surface area (Å²) in [6, 6.07) is 8.75. The van der Waals surface area contributed by atoms with Gasteiger partial charge in [0.05, 0.1) is 10.8 Å². The largest absolute Gasteiger partial charge is 0.343 e. The van der Waals surface area contributed by atoms with Crippen molar-refractivity contribution in [1.82, 2.24) is 9.97 Å². The second-order valence-electron chi connectivity index (χ2n) is 6.14. The van der Waals surface area contributed by atoms with Gasteiger partial charge in [0.1, 0.15) is 5.65 Å². The highest BCUT2D eigenvalue weighted by Crippen LogP contribution is 2.40. The number of aromatic amines is 1. The molecule has 24 heavy (non-hydrogen) atoms. The van der Waals surface area contributed by atoms with Gasteiger partial charge in [-0.1, -0.05) is 6.07 Å². The van der Waals surface area contributed by atoms with Crippen LogP contribution in [0.15, 0.2) is 41.4 Å². The standard InChI is InChI=1S/C18H16F2N2OS/c1-11-14(13-3-2-7-21-17(13)22-11)9-12-4-5-16-15(10-12)18(19,20)6-8-24(16)23/h2-5,7,10H,6,8-9H2,1H3,(H,21,22). The number of H-pyrrole nitrogens is 1. The molecule has 0 saturated carbocycles. The molecule has 124 valence electrons. The number of alkyl halides is 2. The van der Waals surface area contributed by atoms with Gasteiger partial charge in [-0.05, 0) is 48.7 Å². The Labute approximate surface area is 140 Å². The second kappa shape index (κ2) is 5.48. The number of aromatic nitrogens is 2. The Bertz CT molecular complexity index is 965. The van der Waals surface area contributed by atoms with E-state index in [4.69, 9.17) is 0 Å². The summed E-state index contributed by atoms with van der Waals surface area (Å²) in [5.41, 5.74) is 3.55. The predicted octanol–water partition coefficient (Wildman–Crippen LogP) is 4.07. The van der Waals surface area contributed by atoms with Crippen LogP contribution in [0.2, 0.25) is 0 Å². The molecule has 0 spiro atoms. The molecule has 3 heterocycles. The lowest BCUT2D eigenvalue weighted by molar-refractivity contribution is -0.0122. The van der Waals surface area contributed by atoms with E-state index in [1.165, 1.54) is 6.07 Å². The van der Waals surface area contributed by atoms with Crippen LogP contribution in [0.3, 0.4) is 0 Å². The van der Waals surface area contributed by atoms with Crippen molar-refractivity contribution in [2.24, 2.45) is 0 Å². The molecule has 4 rings (SSSR count). The van der Waals surface area contributed by atoms with E-state index in [0.29, 0.717) is 6.42 Å². The zero-order chi connectivity index (χ0) is 16.9. The molecule has 3 nitrogen and oxygen atoms in total. The Morgan fingerprint density at radius 3 is 3.00 bits per heavy atom. The average Bonchev–Trinajstić information content (AvgIpc) is 2.88. The quantitative estimate of drug-likeness (QED) is 0.760. The molecule has 6 heteroatoms. The van der Waals surface area contributed by atoms with Crippen LogP contribution in [0.25, 0.3) is 11.0 Å². The van der Waals surface area contributed by atoms with Gasteiger partial charge in [0.2, 0.25) is 0 Å². The van der Waals surface area contributed by atoms with Gasteiger partial charge in [0.25, 0.3) is 5.92 Å². The molecular weight excluding hydrogens is 330 g/mol. The van der Waals surface area contributed by atoms with E-state index in [-0.39, 0.29) is 22.6 Å². The summed E-state index contributed by atoms with van der Waals surface area (Å²) in [7, 11) is -1.33. The lowest BCUT2D eigenvalue weighted by atomic mass is 9.97. The highest BCUT2D eigenvalue weighted by Gasteiger charge is 2.39. The number of fused-ring (bicyclic) bond motifs is 2. The van der Waals surface area contributed by atoms with E-state index in [1.807, 2.05) is 19.1 Å². The van der Waals surface area contributed by atoms with E-state index >= 15 is 0 Å². The fraction of sp³-hybridized carbons (Fsp3) is 0.278. The van der Waals surface area contributed by atoms with E-state index in [2.05, 4.69) is 9.97 Å². The van der Waals surface area contributed by atoms with Gasteiger partial charge in [0.15, 0.2) is 0 Å². The highest BCUT2D eigenvalue weighted by atomic mass is 32.2. The number of nitrogens with one attached hydrogen (secondary N) is 1. The fourth-order valence-corrected chi connectivity index (χ4v) is 4.61. The predicted molar refractivity (Wildman–Crippen MR) is 89.9 cm³/mol. The van der Waals surface area contributed by atoms with Crippen molar-refractivity contribution in [3.63, 3.8) is 0 Å². The first-order valence-electron chi connectivity index (χ1n) is 7.77. The molecule has 0 radical (unpaired) electrons. The number of hydrogen-bond donors (Lipinski definition) is 1. The summed E-state index contributed by atoms with van der Waals surface area (Å²) in [5.74, 6) is -2.89. The molecule has 2 aromatic heterocycles. The minimum absolute atomic E-state index is 0.0204. The fourth-order valence-electron chi connectivity index (χ4n) is 3.27. The molecule has 1 atom stereocenters. The SMILES string of the molecule is Cc1[nH]c2ncccc2c1Cc1ccc2c(c1)C(F)(F)CCS2=O. The van der Waals surface area contributed by atoms with Crippen LogP contribution in [-0.4, -0.2) is 19.9 Å². The van der Waals surface area contributed by atoms with Crippen molar-refractivity contribution >= 4 is 21.8 Å². The van der Waals surface area contributed by atoms with Crippen LogP contribution < -0.4 is 0 Å². The minimum Gasteiger partial charge on any atom is -0.343 e. The first-order valence-corrected chi connectivity index (χ1v) is 9.09. The molecule has 1 N–H and O–H groups in total. The van der Waals surface area contributed by atoms with Crippen molar-refractivity contribution in [2.45, 2.75) is 30.6 Å². The molecule has 1 aliphatic heterocycles. The number of nitrogens with zero attached hydrogens (tertiary/aromatic N) is 1. The van der Waals surface area contributed by atoms with Gasteiger partial charge in [-0.25, -0.2) is 13.8 Å². The monoisotopic (exact) mass is 346 g/mol. The summed E-state index contributed by atoms with van der Waals surface area (Å²) >= 11 is 0. The molecular formula is C18H16F2N2OS. The van der Waals surface area contributed by atoms with E-state index < -0.39 is 16.7 Å². The Kier molecular flexibility index (Phi) is 3.53. The Morgan fingerprint density at radius 1 is 1.33 bits per heavy atom. The van der Waals surface area contributed by atoms with Crippen LogP contribution >= 0.6 is 0 Å². The number of aryl methyl sites for hydroxylation is 1. The molecule has 0 amide bonds. The zero-order valence-electron chi connectivity index (χ0n) is 13.1. The molecule has 0 aliphatic carbocycles. The van der Waals surface area contributed by atoms with Crippen molar-refractivity contribution in [2.75, 3.05) is 5.75 Å².